The van der Waals surface area contributed by atoms with Crippen LogP contribution in [0.1, 0.15) is 29.3 Å². The van der Waals surface area contributed by atoms with Crippen molar-refractivity contribution in [3.05, 3.63) is 59.7 Å². The summed E-state index contributed by atoms with van der Waals surface area (Å²) >= 11 is 1.76. The summed E-state index contributed by atoms with van der Waals surface area (Å²) in [5.74, 6) is 1.54. The molecule has 0 aliphatic rings. The highest BCUT2D eigenvalue weighted by Crippen LogP contribution is 2.24. The highest BCUT2D eigenvalue weighted by Gasteiger charge is 2.09. The molecule has 0 aliphatic carbocycles. The molecular formula is C18H21NO2S. The van der Waals surface area contributed by atoms with Crippen LogP contribution in [0, 0.1) is 0 Å². The van der Waals surface area contributed by atoms with Crippen LogP contribution in [0.2, 0.25) is 0 Å². The quantitative estimate of drug-likeness (QED) is 0.812. The lowest BCUT2D eigenvalue weighted by Gasteiger charge is -2.12. The first-order valence-electron chi connectivity index (χ1n) is 7.35. The monoisotopic (exact) mass is 315 g/mol. The Hall–Kier alpha value is -1.94. The molecule has 0 heterocycles. The van der Waals surface area contributed by atoms with E-state index >= 15 is 0 Å². The van der Waals surface area contributed by atoms with E-state index in [1.165, 1.54) is 5.56 Å². The van der Waals surface area contributed by atoms with Crippen LogP contribution >= 0.6 is 11.8 Å². The van der Waals surface area contributed by atoms with Gasteiger partial charge in [-0.3, -0.25) is 4.79 Å². The summed E-state index contributed by atoms with van der Waals surface area (Å²) in [6, 6.07) is 15.2. The van der Waals surface area contributed by atoms with Gasteiger partial charge >= 0.3 is 0 Å². The van der Waals surface area contributed by atoms with Gasteiger partial charge in [0.1, 0.15) is 5.75 Å². The molecule has 0 saturated heterocycles. The number of hydrogen-bond donors (Lipinski definition) is 1. The Morgan fingerprint density at radius 3 is 2.55 bits per heavy atom. The van der Waals surface area contributed by atoms with E-state index in [0.717, 1.165) is 12.2 Å². The van der Waals surface area contributed by atoms with Gasteiger partial charge in [-0.15, -0.1) is 0 Å². The van der Waals surface area contributed by atoms with E-state index in [4.69, 9.17) is 4.74 Å². The summed E-state index contributed by atoms with van der Waals surface area (Å²) in [7, 11) is 0. The number of anilines is 1. The molecule has 0 bridgehead atoms. The summed E-state index contributed by atoms with van der Waals surface area (Å²) in [5, 5.41) is 2.92. The van der Waals surface area contributed by atoms with E-state index in [-0.39, 0.29) is 5.91 Å². The van der Waals surface area contributed by atoms with Crippen molar-refractivity contribution in [2.75, 3.05) is 18.2 Å². The molecular weight excluding hydrogens is 294 g/mol. The zero-order valence-corrected chi connectivity index (χ0v) is 13.8. The lowest BCUT2D eigenvalue weighted by molar-refractivity contribution is 0.102. The summed E-state index contributed by atoms with van der Waals surface area (Å²) in [6.07, 6.45) is 2.99. The van der Waals surface area contributed by atoms with E-state index in [9.17, 15) is 4.79 Å². The fraction of sp³-hybridized carbons (Fsp3) is 0.278. The molecule has 22 heavy (non-hydrogen) atoms. The van der Waals surface area contributed by atoms with Crippen LogP contribution in [0.25, 0.3) is 0 Å². The van der Waals surface area contributed by atoms with Gasteiger partial charge in [0.05, 0.1) is 12.3 Å². The SMILES string of the molecule is CCCOc1ccccc1NC(=O)c1ccc(CSC)cc1. The van der Waals surface area contributed by atoms with E-state index in [1.54, 1.807) is 11.8 Å². The lowest BCUT2D eigenvalue weighted by atomic mass is 10.1. The van der Waals surface area contributed by atoms with Gasteiger partial charge in [-0.05, 0) is 42.5 Å². The van der Waals surface area contributed by atoms with Crippen LogP contribution in [-0.4, -0.2) is 18.8 Å². The van der Waals surface area contributed by atoms with Crippen LogP contribution in [0.4, 0.5) is 5.69 Å². The zero-order valence-electron chi connectivity index (χ0n) is 13.0. The maximum Gasteiger partial charge on any atom is 0.255 e. The molecule has 4 heteroatoms. The smallest absolute Gasteiger partial charge is 0.255 e. The number of carbonyl (C=O) groups is 1. The predicted molar refractivity (Wildman–Crippen MR) is 93.8 cm³/mol. The Kier molecular flexibility index (Phi) is 6.34. The van der Waals surface area contributed by atoms with Crippen molar-refractivity contribution in [3.63, 3.8) is 0 Å². The average molecular weight is 315 g/mol. The first-order valence-corrected chi connectivity index (χ1v) is 8.75. The van der Waals surface area contributed by atoms with Crippen LogP contribution in [0.3, 0.4) is 0 Å². The van der Waals surface area contributed by atoms with Gasteiger partial charge in [0.25, 0.3) is 5.91 Å². The molecule has 1 amide bonds. The van der Waals surface area contributed by atoms with Gasteiger partial charge in [-0.1, -0.05) is 31.2 Å². The van der Waals surface area contributed by atoms with Crippen molar-refractivity contribution in [1.29, 1.82) is 0 Å². The number of para-hydroxylation sites is 2. The molecule has 0 atom stereocenters. The standard InChI is InChI=1S/C18H21NO2S/c1-3-12-21-17-7-5-4-6-16(17)19-18(20)15-10-8-14(9-11-15)13-22-2/h4-11H,3,12-13H2,1-2H3,(H,19,20). The second-order valence-electron chi connectivity index (χ2n) is 4.93. The molecule has 0 aromatic heterocycles. The molecule has 0 radical (unpaired) electrons. The second-order valence-corrected chi connectivity index (χ2v) is 5.79. The fourth-order valence-electron chi connectivity index (χ4n) is 2.02. The van der Waals surface area contributed by atoms with Crippen molar-refractivity contribution in [1.82, 2.24) is 0 Å². The van der Waals surface area contributed by atoms with Gasteiger partial charge in [-0.25, -0.2) is 0 Å². The second kappa shape index (κ2) is 8.49. The van der Waals surface area contributed by atoms with Crippen LogP contribution in [0.15, 0.2) is 48.5 Å². The van der Waals surface area contributed by atoms with Crippen LogP contribution in [0.5, 0.6) is 5.75 Å². The number of rotatable bonds is 7. The molecule has 116 valence electrons. The molecule has 3 nitrogen and oxygen atoms in total. The minimum Gasteiger partial charge on any atom is -0.491 e. The number of thioether (sulfide) groups is 1. The predicted octanol–water partition coefficient (Wildman–Crippen LogP) is 4.59. The summed E-state index contributed by atoms with van der Waals surface area (Å²) in [4.78, 5) is 12.3. The first-order chi connectivity index (χ1) is 10.7. The number of nitrogens with one attached hydrogen (secondary N) is 1. The topological polar surface area (TPSA) is 38.3 Å². The molecule has 0 saturated carbocycles. The average Bonchev–Trinajstić information content (AvgIpc) is 2.55. The van der Waals surface area contributed by atoms with E-state index in [0.29, 0.717) is 23.6 Å². The van der Waals surface area contributed by atoms with Crippen LogP contribution in [-0.2, 0) is 5.75 Å². The fourth-order valence-corrected chi connectivity index (χ4v) is 2.55. The maximum atomic E-state index is 12.3. The third-order valence-electron chi connectivity index (χ3n) is 3.12. The number of hydrogen-bond acceptors (Lipinski definition) is 3. The van der Waals surface area contributed by atoms with Crippen molar-refractivity contribution in [2.24, 2.45) is 0 Å². The molecule has 0 unspecified atom stereocenters. The third kappa shape index (κ3) is 4.53. The summed E-state index contributed by atoms with van der Waals surface area (Å²) in [5.41, 5.74) is 2.57. The highest BCUT2D eigenvalue weighted by atomic mass is 32.2. The van der Waals surface area contributed by atoms with Crippen LogP contribution < -0.4 is 10.1 Å². The number of ether oxygens (including phenoxy) is 1. The van der Waals surface area contributed by atoms with Crippen molar-refractivity contribution in [3.8, 4) is 5.75 Å². The maximum absolute atomic E-state index is 12.3. The number of amides is 1. The van der Waals surface area contributed by atoms with Gasteiger partial charge < -0.3 is 10.1 Å². The van der Waals surface area contributed by atoms with Gasteiger partial charge in [0, 0.05) is 11.3 Å². The normalized spacial score (nSPS) is 10.3. The van der Waals surface area contributed by atoms with E-state index in [2.05, 4.69) is 18.5 Å². The molecule has 2 aromatic carbocycles. The van der Waals surface area contributed by atoms with E-state index in [1.807, 2.05) is 48.5 Å². The Bertz CT molecular complexity index is 611. The van der Waals surface area contributed by atoms with Gasteiger partial charge in [0.15, 0.2) is 0 Å². The lowest BCUT2D eigenvalue weighted by Crippen LogP contribution is -2.13. The summed E-state index contributed by atoms with van der Waals surface area (Å²) in [6.45, 7) is 2.69. The minimum absolute atomic E-state index is 0.122. The van der Waals surface area contributed by atoms with Crippen molar-refractivity contribution in [2.45, 2.75) is 19.1 Å². The van der Waals surface area contributed by atoms with Crippen molar-refractivity contribution < 1.29 is 9.53 Å². The highest BCUT2D eigenvalue weighted by molar-refractivity contribution is 7.97. The molecule has 2 rings (SSSR count). The minimum atomic E-state index is -0.122. The van der Waals surface area contributed by atoms with Crippen molar-refractivity contribution >= 4 is 23.4 Å². The third-order valence-corrected chi connectivity index (χ3v) is 3.75. The number of carbonyl (C=O) groups excluding carboxylic acids is 1. The molecule has 0 spiro atoms. The summed E-state index contributed by atoms with van der Waals surface area (Å²) < 4.78 is 5.66. The van der Waals surface area contributed by atoms with Gasteiger partial charge in [0.2, 0.25) is 0 Å². The molecule has 1 N–H and O–H groups in total. The number of benzene rings is 2. The largest absolute Gasteiger partial charge is 0.491 e. The Morgan fingerprint density at radius 1 is 1.14 bits per heavy atom. The Labute approximate surface area is 136 Å². The first kappa shape index (κ1) is 16.4. The van der Waals surface area contributed by atoms with E-state index < -0.39 is 0 Å². The molecule has 0 fully saturated rings. The zero-order chi connectivity index (χ0) is 15.8. The van der Waals surface area contributed by atoms with Gasteiger partial charge in [-0.2, -0.15) is 11.8 Å². The Balaban J connectivity index is 2.08. The Morgan fingerprint density at radius 2 is 1.86 bits per heavy atom. The molecule has 0 aliphatic heterocycles. The molecule has 2 aromatic rings.